The van der Waals surface area contributed by atoms with Crippen molar-refractivity contribution in [2.45, 2.75) is 46.5 Å². The maximum absolute atomic E-state index is 2.41. The molecule has 13 heavy (non-hydrogen) atoms. The molecule has 0 amide bonds. The predicted octanol–water partition coefficient (Wildman–Crippen LogP) is 4.34. The molecule has 1 aliphatic rings. The summed E-state index contributed by atoms with van der Waals surface area (Å²) >= 11 is 0. The highest BCUT2D eigenvalue weighted by Crippen LogP contribution is 2.25. The van der Waals surface area contributed by atoms with Gasteiger partial charge in [0.1, 0.15) is 0 Å². The van der Waals surface area contributed by atoms with Crippen molar-refractivity contribution in [2.24, 2.45) is 11.8 Å². The van der Waals surface area contributed by atoms with Crippen molar-refractivity contribution >= 4 is 0 Å². The third-order valence-electron chi connectivity index (χ3n) is 3.04. The minimum atomic E-state index is 0.821. The fraction of sp³-hybridized carbons (Fsp3) is 0.692. The van der Waals surface area contributed by atoms with Gasteiger partial charge in [-0.3, -0.25) is 0 Å². The largest absolute Gasteiger partial charge is 0.0840 e. The van der Waals surface area contributed by atoms with Gasteiger partial charge in [0.2, 0.25) is 0 Å². The maximum atomic E-state index is 2.41. The Bertz CT molecular complexity index is 196. The molecular formula is C13H22. The second kappa shape index (κ2) is 5.26. The lowest BCUT2D eigenvalue weighted by Gasteiger charge is -2.20. The third-order valence-corrected chi connectivity index (χ3v) is 3.04. The molecule has 0 aromatic heterocycles. The summed E-state index contributed by atoms with van der Waals surface area (Å²) in [6.07, 6.45) is 12.1. The highest BCUT2D eigenvalue weighted by atomic mass is 14.2. The highest BCUT2D eigenvalue weighted by molar-refractivity contribution is 5.22. The molecule has 0 nitrogen and oxygen atoms in total. The SMILES string of the molecule is CCC(CC1=CCCC=C1)C(C)C. The maximum Gasteiger partial charge on any atom is -0.0251 e. The van der Waals surface area contributed by atoms with Gasteiger partial charge in [0, 0.05) is 0 Å². The van der Waals surface area contributed by atoms with Crippen molar-refractivity contribution in [3.8, 4) is 0 Å². The van der Waals surface area contributed by atoms with Gasteiger partial charge in [-0.25, -0.2) is 0 Å². The Kier molecular flexibility index (Phi) is 4.27. The van der Waals surface area contributed by atoms with Gasteiger partial charge < -0.3 is 0 Å². The van der Waals surface area contributed by atoms with Gasteiger partial charge in [-0.15, -0.1) is 0 Å². The van der Waals surface area contributed by atoms with Crippen molar-refractivity contribution in [2.75, 3.05) is 0 Å². The molecule has 0 N–H and O–H groups in total. The molecule has 0 fully saturated rings. The summed E-state index contributed by atoms with van der Waals surface area (Å²) in [5.74, 6) is 1.69. The van der Waals surface area contributed by atoms with Gasteiger partial charge in [0.25, 0.3) is 0 Å². The van der Waals surface area contributed by atoms with Gasteiger partial charge in [0.05, 0.1) is 0 Å². The van der Waals surface area contributed by atoms with E-state index < -0.39 is 0 Å². The van der Waals surface area contributed by atoms with Crippen LogP contribution in [0.3, 0.4) is 0 Å². The standard InChI is InChI=1S/C13H22/c1-4-13(11(2)3)10-12-8-6-5-7-9-12/h6,8-9,11,13H,4-5,7,10H2,1-3H3. The van der Waals surface area contributed by atoms with Crippen LogP contribution in [0.2, 0.25) is 0 Å². The van der Waals surface area contributed by atoms with Crippen LogP contribution < -0.4 is 0 Å². The van der Waals surface area contributed by atoms with Gasteiger partial charge in [-0.05, 0) is 31.1 Å². The van der Waals surface area contributed by atoms with E-state index in [9.17, 15) is 0 Å². The third kappa shape index (κ3) is 3.38. The zero-order valence-electron chi connectivity index (χ0n) is 9.22. The average molecular weight is 178 g/mol. The average Bonchev–Trinajstić information content (AvgIpc) is 2.15. The van der Waals surface area contributed by atoms with E-state index in [1.165, 1.54) is 25.7 Å². The Balaban J connectivity index is 2.45. The normalized spacial score (nSPS) is 18.9. The minimum Gasteiger partial charge on any atom is -0.0840 e. The molecule has 0 radical (unpaired) electrons. The monoisotopic (exact) mass is 178 g/mol. The van der Waals surface area contributed by atoms with Crippen LogP contribution in [0.25, 0.3) is 0 Å². The first kappa shape index (κ1) is 10.6. The first-order valence-electron chi connectivity index (χ1n) is 5.59. The van der Waals surface area contributed by atoms with Crippen LogP contribution in [0.4, 0.5) is 0 Å². The van der Waals surface area contributed by atoms with Gasteiger partial charge >= 0.3 is 0 Å². The van der Waals surface area contributed by atoms with Crippen LogP contribution in [0.15, 0.2) is 23.8 Å². The summed E-state index contributed by atoms with van der Waals surface area (Å²) in [7, 11) is 0. The summed E-state index contributed by atoms with van der Waals surface area (Å²) in [6, 6.07) is 0. The van der Waals surface area contributed by atoms with Crippen molar-refractivity contribution < 1.29 is 0 Å². The minimum absolute atomic E-state index is 0.821. The second-order valence-corrected chi connectivity index (χ2v) is 4.38. The lowest BCUT2D eigenvalue weighted by molar-refractivity contribution is 0.371. The smallest absolute Gasteiger partial charge is 0.0251 e. The van der Waals surface area contributed by atoms with Crippen LogP contribution in [0.1, 0.15) is 46.5 Å². The molecule has 0 aromatic rings. The number of allylic oxidation sites excluding steroid dienone is 4. The van der Waals surface area contributed by atoms with E-state index in [2.05, 4.69) is 39.0 Å². The van der Waals surface area contributed by atoms with E-state index in [4.69, 9.17) is 0 Å². The Morgan fingerprint density at radius 3 is 2.54 bits per heavy atom. The van der Waals surface area contributed by atoms with Crippen molar-refractivity contribution in [1.29, 1.82) is 0 Å². The summed E-state index contributed by atoms with van der Waals surface area (Å²) < 4.78 is 0. The molecule has 1 atom stereocenters. The Labute approximate surface area is 82.7 Å². The van der Waals surface area contributed by atoms with Gasteiger partial charge in [-0.2, -0.15) is 0 Å². The second-order valence-electron chi connectivity index (χ2n) is 4.38. The fourth-order valence-electron chi connectivity index (χ4n) is 1.97. The lowest BCUT2D eigenvalue weighted by Crippen LogP contribution is -2.08. The van der Waals surface area contributed by atoms with Crippen LogP contribution in [-0.2, 0) is 0 Å². The summed E-state index contributed by atoms with van der Waals surface area (Å²) in [4.78, 5) is 0. The fourth-order valence-corrected chi connectivity index (χ4v) is 1.97. The van der Waals surface area contributed by atoms with Crippen LogP contribution in [-0.4, -0.2) is 0 Å². The van der Waals surface area contributed by atoms with Crippen LogP contribution in [0, 0.1) is 11.8 Å². The number of rotatable bonds is 4. The number of hydrogen-bond donors (Lipinski definition) is 0. The van der Waals surface area contributed by atoms with Crippen molar-refractivity contribution in [1.82, 2.24) is 0 Å². The summed E-state index contributed by atoms with van der Waals surface area (Å²) in [5.41, 5.74) is 1.56. The van der Waals surface area contributed by atoms with E-state index in [1.807, 2.05) is 0 Å². The molecule has 0 heterocycles. The topological polar surface area (TPSA) is 0 Å². The van der Waals surface area contributed by atoms with Crippen LogP contribution in [0.5, 0.6) is 0 Å². The molecule has 0 saturated carbocycles. The van der Waals surface area contributed by atoms with Gasteiger partial charge in [0.15, 0.2) is 0 Å². The lowest BCUT2D eigenvalue weighted by atomic mass is 9.86. The molecule has 0 spiro atoms. The Hall–Kier alpha value is -0.520. The Morgan fingerprint density at radius 2 is 2.08 bits per heavy atom. The van der Waals surface area contributed by atoms with E-state index >= 15 is 0 Å². The zero-order valence-corrected chi connectivity index (χ0v) is 9.22. The summed E-state index contributed by atoms with van der Waals surface area (Å²) in [6.45, 7) is 6.97. The molecule has 1 rings (SSSR count). The van der Waals surface area contributed by atoms with E-state index in [-0.39, 0.29) is 0 Å². The highest BCUT2D eigenvalue weighted by Gasteiger charge is 2.12. The molecule has 74 valence electrons. The first-order valence-corrected chi connectivity index (χ1v) is 5.59. The quantitative estimate of drug-likeness (QED) is 0.601. The first-order chi connectivity index (χ1) is 6.24. The molecule has 0 aromatic carbocycles. The zero-order chi connectivity index (χ0) is 9.68. The van der Waals surface area contributed by atoms with Crippen molar-refractivity contribution in [3.63, 3.8) is 0 Å². The number of hydrogen-bond acceptors (Lipinski definition) is 0. The summed E-state index contributed by atoms with van der Waals surface area (Å²) in [5, 5.41) is 0. The van der Waals surface area contributed by atoms with E-state index in [1.54, 1.807) is 5.57 Å². The van der Waals surface area contributed by atoms with Gasteiger partial charge in [-0.1, -0.05) is 51.0 Å². The molecule has 0 aliphatic heterocycles. The molecule has 1 unspecified atom stereocenters. The molecular weight excluding hydrogens is 156 g/mol. The van der Waals surface area contributed by atoms with E-state index in [0.29, 0.717) is 0 Å². The Morgan fingerprint density at radius 1 is 1.31 bits per heavy atom. The molecule has 0 saturated heterocycles. The van der Waals surface area contributed by atoms with Crippen LogP contribution >= 0.6 is 0 Å². The van der Waals surface area contributed by atoms with E-state index in [0.717, 1.165) is 11.8 Å². The molecule has 1 aliphatic carbocycles. The predicted molar refractivity (Wildman–Crippen MR) is 59.7 cm³/mol. The molecule has 0 bridgehead atoms. The molecule has 0 heteroatoms. The van der Waals surface area contributed by atoms with Crippen molar-refractivity contribution in [3.05, 3.63) is 23.8 Å².